The van der Waals surface area contributed by atoms with Crippen molar-refractivity contribution in [3.05, 3.63) is 48.0 Å². The van der Waals surface area contributed by atoms with Gasteiger partial charge in [-0.25, -0.2) is 14.8 Å². The zero-order valence-corrected chi connectivity index (χ0v) is 20.6. The number of anilines is 3. The molecule has 1 N–H and O–H groups in total. The standard InChI is InChI=1S/C25H26F3N7O2/c1-14(25(26,27)28)10-21(36)19-4-5-20-23(30-19)35(17-7-9-34(20)12-17)24(37)31-22-11-16(6-8-29-22)18-13-33(3)32-15(18)2/h4-6,8,11,13-14,17H,7,9-10,12H2,1-3H3,(H,29,31,37)/t14-,17-/m0/s1. The van der Waals surface area contributed by atoms with Crippen molar-refractivity contribution in [3.63, 3.8) is 0 Å². The molecule has 12 heteroatoms. The molecule has 1 fully saturated rings. The van der Waals surface area contributed by atoms with E-state index in [1.807, 2.05) is 26.2 Å². The smallest absolute Gasteiger partial charge is 0.366 e. The molecule has 3 aromatic heterocycles. The fraction of sp³-hybridized carbons (Fsp3) is 0.400. The van der Waals surface area contributed by atoms with E-state index < -0.39 is 30.3 Å². The van der Waals surface area contributed by atoms with Gasteiger partial charge in [-0.3, -0.25) is 19.7 Å². The van der Waals surface area contributed by atoms with Crippen LogP contribution in [-0.2, 0) is 7.05 Å². The molecular formula is C25H26F3N7O2. The fourth-order valence-corrected chi connectivity index (χ4v) is 4.84. The molecule has 37 heavy (non-hydrogen) atoms. The summed E-state index contributed by atoms with van der Waals surface area (Å²) in [5, 5.41) is 7.18. The van der Waals surface area contributed by atoms with Crippen LogP contribution >= 0.6 is 0 Å². The number of amides is 2. The van der Waals surface area contributed by atoms with E-state index in [2.05, 4.69) is 25.3 Å². The van der Waals surface area contributed by atoms with Crippen molar-refractivity contribution in [2.75, 3.05) is 28.2 Å². The Hall–Kier alpha value is -3.96. The highest BCUT2D eigenvalue weighted by Crippen LogP contribution is 2.39. The molecule has 0 saturated carbocycles. The molecule has 9 nitrogen and oxygen atoms in total. The number of pyridine rings is 2. The Morgan fingerprint density at radius 1 is 1.24 bits per heavy atom. The van der Waals surface area contributed by atoms with Gasteiger partial charge in [-0.15, -0.1) is 0 Å². The van der Waals surface area contributed by atoms with Crippen LogP contribution in [0.2, 0.25) is 0 Å². The second-order valence-corrected chi connectivity index (χ2v) is 9.53. The maximum atomic E-state index is 13.5. The molecule has 2 bridgehead atoms. The predicted molar refractivity (Wildman–Crippen MR) is 132 cm³/mol. The Kier molecular flexibility index (Phi) is 6.12. The third-order valence-electron chi connectivity index (χ3n) is 6.83. The zero-order valence-electron chi connectivity index (χ0n) is 20.6. The average Bonchev–Trinajstić information content (AvgIpc) is 3.41. The number of Topliss-reactive ketones (excluding diaryl/α,β-unsaturated/α-hetero) is 1. The largest absolute Gasteiger partial charge is 0.391 e. The first-order valence-corrected chi connectivity index (χ1v) is 11.9. The van der Waals surface area contributed by atoms with Crippen LogP contribution in [-0.4, -0.2) is 56.9 Å². The Bertz CT molecular complexity index is 1370. The van der Waals surface area contributed by atoms with Crippen molar-refractivity contribution < 1.29 is 22.8 Å². The molecule has 5 heterocycles. The van der Waals surface area contributed by atoms with Gasteiger partial charge in [-0.2, -0.15) is 18.3 Å². The number of aromatic nitrogens is 4. The molecule has 2 amide bonds. The minimum atomic E-state index is -4.48. The van der Waals surface area contributed by atoms with Gasteiger partial charge in [0.25, 0.3) is 0 Å². The fourth-order valence-electron chi connectivity index (χ4n) is 4.84. The highest BCUT2D eigenvalue weighted by atomic mass is 19.4. The molecule has 0 spiro atoms. The summed E-state index contributed by atoms with van der Waals surface area (Å²) in [7, 11) is 1.83. The van der Waals surface area contributed by atoms with E-state index in [0.29, 0.717) is 31.0 Å². The second kappa shape index (κ2) is 9.16. The molecule has 0 unspecified atom stereocenters. The first-order chi connectivity index (χ1) is 17.5. The van der Waals surface area contributed by atoms with E-state index in [1.54, 1.807) is 23.0 Å². The first-order valence-electron chi connectivity index (χ1n) is 11.9. The van der Waals surface area contributed by atoms with Crippen LogP contribution in [0.15, 0.2) is 36.7 Å². The Labute approximate surface area is 211 Å². The topological polar surface area (TPSA) is 96.2 Å². The van der Waals surface area contributed by atoms with Crippen molar-refractivity contribution in [3.8, 4) is 11.1 Å². The normalized spacial score (nSPS) is 17.5. The molecule has 194 valence electrons. The quantitative estimate of drug-likeness (QED) is 0.502. The van der Waals surface area contributed by atoms with Crippen molar-refractivity contribution >= 4 is 29.1 Å². The number of urea groups is 1. The summed E-state index contributed by atoms with van der Waals surface area (Å²) in [6.45, 7) is 4.17. The summed E-state index contributed by atoms with van der Waals surface area (Å²) in [6.07, 6.45) is -1.02. The van der Waals surface area contributed by atoms with Gasteiger partial charge in [0.05, 0.1) is 23.3 Å². The Balaban J connectivity index is 1.42. The molecule has 5 rings (SSSR count). The van der Waals surface area contributed by atoms with Crippen LogP contribution in [0, 0.1) is 12.8 Å². The van der Waals surface area contributed by atoms with Gasteiger partial charge in [0.1, 0.15) is 11.5 Å². The third-order valence-corrected chi connectivity index (χ3v) is 6.83. The van der Waals surface area contributed by atoms with Crippen LogP contribution in [0.3, 0.4) is 0 Å². The van der Waals surface area contributed by atoms with Gasteiger partial charge >= 0.3 is 12.2 Å². The summed E-state index contributed by atoms with van der Waals surface area (Å²) in [5.41, 5.74) is 3.15. The monoisotopic (exact) mass is 513 g/mol. The van der Waals surface area contributed by atoms with Gasteiger partial charge in [0.2, 0.25) is 0 Å². The highest BCUT2D eigenvalue weighted by Gasteiger charge is 2.41. The Morgan fingerprint density at radius 2 is 2.03 bits per heavy atom. The van der Waals surface area contributed by atoms with Crippen molar-refractivity contribution in [1.29, 1.82) is 0 Å². The van der Waals surface area contributed by atoms with Crippen LogP contribution in [0.4, 0.5) is 35.3 Å². The minimum Gasteiger partial charge on any atom is -0.366 e. The summed E-state index contributed by atoms with van der Waals surface area (Å²) in [6, 6.07) is 6.00. The molecule has 0 radical (unpaired) electrons. The number of halogens is 3. The van der Waals surface area contributed by atoms with E-state index in [1.165, 1.54) is 11.0 Å². The number of carbonyl (C=O) groups is 2. The van der Waals surface area contributed by atoms with Crippen LogP contribution in [0.5, 0.6) is 0 Å². The lowest BCUT2D eigenvalue weighted by Gasteiger charge is -2.35. The molecule has 0 aliphatic carbocycles. The average molecular weight is 514 g/mol. The number of fused-ring (bicyclic) bond motifs is 4. The van der Waals surface area contributed by atoms with Gasteiger partial charge < -0.3 is 4.90 Å². The molecule has 0 aromatic carbocycles. The van der Waals surface area contributed by atoms with E-state index in [9.17, 15) is 22.8 Å². The maximum Gasteiger partial charge on any atom is 0.391 e. The van der Waals surface area contributed by atoms with Crippen molar-refractivity contribution in [2.45, 2.75) is 38.9 Å². The van der Waals surface area contributed by atoms with Crippen molar-refractivity contribution in [2.24, 2.45) is 13.0 Å². The number of alkyl halides is 3. The molecule has 1 saturated heterocycles. The van der Waals surface area contributed by atoms with E-state index in [0.717, 1.165) is 23.7 Å². The number of nitrogens with zero attached hydrogens (tertiary/aromatic N) is 6. The summed E-state index contributed by atoms with van der Waals surface area (Å²) >= 11 is 0. The molecule has 2 atom stereocenters. The molecule has 2 aliphatic heterocycles. The number of hydrogen-bond acceptors (Lipinski definition) is 6. The first kappa shape index (κ1) is 24.7. The van der Waals surface area contributed by atoms with Gasteiger partial charge in [-0.1, -0.05) is 6.92 Å². The lowest BCUT2D eigenvalue weighted by molar-refractivity contribution is -0.168. The lowest BCUT2D eigenvalue weighted by Crippen LogP contribution is -2.48. The molecular weight excluding hydrogens is 487 g/mol. The maximum absolute atomic E-state index is 13.5. The number of nitrogens with one attached hydrogen (secondary N) is 1. The zero-order chi connectivity index (χ0) is 26.5. The van der Waals surface area contributed by atoms with Crippen LogP contribution < -0.4 is 15.1 Å². The van der Waals surface area contributed by atoms with Crippen LogP contribution in [0.25, 0.3) is 11.1 Å². The Morgan fingerprint density at radius 3 is 2.73 bits per heavy atom. The van der Waals surface area contributed by atoms with Gasteiger partial charge in [0.15, 0.2) is 11.6 Å². The second-order valence-electron chi connectivity index (χ2n) is 9.53. The third kappa shape index (κ3) is 4.75. The van der Waals surface area contributed by atoms with E-state index >= 15 is 0 Å². The van der Waals surface area contributed by atoms with Crippen molar-refractivity contribution in [1.82, 2.24) is 19.7 Å². The van der Waals surface area contributed by atoms with E-state index in [4.69, 9.17) is 0 Å². The molecule has 3 aromatic rings. The van der Waals surface area contributed by atoms with Gasteiger partial charge in [0, 0.05) is 44.5 Å². The number of hydrogen-bond donors (Lipinski definition) is 1. The number of ketones is 1. The lowest BCUT2D eigenvalue weighted by atomic mass is 10.0. The van der Waals surface area contributed by atoms with E-state index in [-0.39, 0.29) is 17.6 Å². The summed E-state index contributed by atoms with van der Waals surface area (Å²) < 4.78 is 40.7. The number of carbonyl (C=O) groups excluding carboxylic acids is 2. The predicted octanol–water partition coefficient (Wildman–Crippen LogP) is 4.59. The SMILES string of the molecule is Cc1nn(C)cc1-c1ccnc(NC(=O)N2c3nc(C(=O)C[C@H](C)C(F)(F)F)ccc3N3CC[C@H]2C3)c1. The minimum absolute atomic E-state index is 0.0951. The summed E-state index contributed by atoms with van der Waals surface area (Å²) in [5.74, 6) is -1.92. The number of aryl methyl sites for hydroxylation is 2. The van der Waals surface area contributed by atoms with Gasteiger partial charge in [-0.05, 0) is 43.2 Å². The van der Waals surface area contributed by atoms with Crippen LogP contribution in [0.1, 0.15) is 35.9 Å². The summed E-state index contributed by atoms with van der Waals surface area (Å²) in [4.78, 5) is 38.3. The highest BCUT2D eigenvalue weighted by molar-refractivity contribution is 6.05. The molecule has 2 aliphatic rings. The number of rotatable bonds is 5.